The zero-order valence-electron chi connectivity index (χ0n) is 14.2. The van der Waals surface area contributed by atoms with Gasteiger partial charge in [0, 0.05) is 23.5 Å². The molecule has 3 aromatic rings. The van der Waals surface area contributed by atoms with Crippen LogP contribution < -0.4 is 4.74 Å². The first-order valence-electron chi connectivity index (χ1n) is 8.04. The minimum absolute atomic E-state index is 0.553. The highest BCUT2D eigenvalue weighted by Gasteiger charge is 2.15. The van der Waals surface area contributed by atoms with Gasteiger partial charge in [0.05, 0.1) is 18.5 Å². The molecule has 2 heterocycles. The molecule has 0 radical (unpaired) electrons. The van der Waals surface area contributed by atoms with Crippen molar-refractivity contribution in [2.24, 2.45) is 5.92 Å². The predicted molar refractivity (Wildman–Crippen MR) is 93.0 cm³/mol. The quantitative estimate of drug-likeness (QED) is 0.773. The molecule has 0 bridgehead atoms. The van der Waals surface area contributed by atoms with Gasteiger partial charge in [-0.15, -0.1) is 0 Å². The van der Waals surface area contributed by atoms with Crippen LogP contribution in [0.25, 0.3) is 10.9 Å². The Balaban J connectivity index is 2.00. The molecule has 1 aromatic carbocycles. The molecule has 0 saturated carbocycles. The van der Waals surface area contributed by atoms with Gasteiger partial charge in [-0.25, -0.2) is 9.97 Å². The summed E-state index contributed by atoms with van der Waals surface area (Å²) in [5, 5.41) is 1.22. The summed E-state index contributed by atoms with van der Waals surface area (Å²) in [6.07, 6.45) is 3.70. The number of aromatic nitrogens is 3. The van der Waals surface area contributed by atoms with Gasteiger partial charge in [-0.1, -0.05) is 32.0 Å². The van der Waals surface area contributed by atoms with Crippen LogP contribution >= 0.6 is 0 Å². The summed E-state index contributed by atoms with van der Waals surface area (Å²) < 4.78 is 5.46. The minimum atomic E-state index is 0.553. The van der Waals surface area contributed by atoms with E-state index in [9.17, 15) is 0 Å². The molecular weight excluding hydrogens is 286 g/mol. The maximum Gasteiger partial charge on any atom is 0.235 e. The highest BCUT2D eigenvalue weighted by atomic mass is 16.5. The summed E-state index contributed by atoms with van der Waals surface area (Å²) in [6, 6.07) is 8.31. The van der Waals surface area contributed by atoms with Gasteiger partial charge < -0.3 is 9.72 Å². The Morgan fingerprint density at radius 3 is 2.65 bits per heavy atom. The second kappa shape index (κ2) is 6.41. The number of nitrogens with one attached hydrogen (secondary N) is 1. The molecule has 0 spiro atoms. The van der Waals surface area contributed by atoms with E-state index >= 15 is 0 Å². The van der Waals surface area contributed by atoms with Gasteiger partial charge in [0.15, 0.2) is 0 Å². The van der Waals surface area contributed by atoms with E-state index in [0.717, 1.165) is 29.0 Å². The number of fused-ring (bicyclic) bond motifs is 1. The van der Waals surface area contributed by atoms with Crippen molar-refractivity contribution in [2.45, 2.75) is 33.6 Å². The average Bonchev–Trinajstić information content (AvgIpc) is 2.93. The molecule has 0 fully saturated rings. The zero-order valence-corrected chi connectivity index (χ0v) is 14.2. The largest absolute Gasteiger partial charge is 0.480 e. The molecule has 0 aliphatic heterocycles. The third-order valence-electron chi connectivity index (χ3n) is 4.03. The van der Waals surface area contributed by atoms with Crippen molar-refractivity contribution in [3.63, 3.8) is 0 Å². The van der Waals surface area contributed by atoms with Crippen LogP contribution in [0.2, 0.25) is 0 Å². The van der Waals surface area contributed by atoms with E-state index in [1.165, 1.54) is 10.9 Å². The molecule has 0 saturated heterocycles. The molecule has 4 heteroatoms. The van der Waals surface area contributed by atoms with E-state index in [0.29, 0.717) is 18.2 Å². The Hall–Kier alpha value is -2.36. The van der Waals surface area contributed by atoms with Crippen LogP contribution in [-0.2, 0) is 12.8 Å². The fourth-order valence-electron chi connectivity index (χ4n) is 2.89. The standard InChI is InChI=1S/C19H23N3O/c1-12(2)9-17-13(3)21-19(23-4)18(22-17)10-14-11-20-16-8-6-5-7-15(14)16/h5-8,11-12,20H,9-10H2,1-4H3. The Labute approximate surface area is 136 Å². The molecule has 4 nitrogen and oxygen atoms in total. The fourth-order valence-corrected chi connectivity index (χ4v) is 2.89. The predicted octanol–water partition coefficient (Wildman–Crippen LogP) is 4.06. The van der Waals surface area contributed by atoms with E-state index in [-0.39, 0.29) is 0 Å². The Morgan fingerprint density at radius 1 is 1.13 bits per heavy atom. The molecule has 3 rings (SSSR count). The number of methoxy groups -OCH3 is 1. The van der Waals surface area contributed by atoms with Crippen LogP contribution in [0.1, 0.15) is 36.5 Å². The maximum atomic E-state index is 5.46. The van der Waals surface area contributed by atoms with E-state index < -0.39 is 0 Å². The lowest BCUT2D eigenvalue weighted by molar-refractivity contribution is 0.388. The summed E-state index contributed by atoms with van der Waals surface area (Å²) in [4.78, 5) is 12.8. The van der Waals surface area contributed by atoms with E-state index in [4.69, 9.17) is 9.72 Å². The number of para-hydroxylation sites is 1. The third kappa shape index (κ3) is 3.21. The number of hydrogen-bond donors (Lipinski definition) is 1. The number of hydrogen-bond acceptors (Lipinski definition) is 3. The van der Waals surface area contributed by atoms with Gasteiger partial charge in [-0.05, 0) is 30.9 Å². The number of benzene rings is 1. The highest BCUT2D eigenvalue weighted by molar-refractivity contribution is 5.83. The minimum Gasteiger partial charge on any atom is -0.480 e. The van der Waals surface area contributed by atoms with Crippen molar-refractivity contribution in [3.8, 4) is 5.88 Å². The first-order chi connectivity index (χ1) is 11.1. The van der Waals surface area contributed by atoms with Crippen LogP contribution in [-0.4, -0.2) is 22.1 Å². The van der Waals surface area contributed by atoms with Gasteiger partial charge in [0.25, 0.3) is 0 Å². The van der Waals surface area contributed by atoms with Crippen molar-refractivity contribution in [1.82, 2.24) is 15.0 Å². The monoisotopic (exact) mass is 309 g/mol. The number of aromatic amines is 1. The van der Waals surface area contributed by atoms with Crippen molar-refractivity contribution in [1.29, 1.82) is 0 Å². The van der Waals surface area contributed by atoms with E-state index in [1.807, 2.05) is 19.2 Å². The van der Waals surface area contributed by atoms with Gasteiger partial charge in [-0.3, -0.25) is 0 Å². The number of ether oxygens (including phenoxy) is 1. The maximum absolute atomic E-state index is 5.46. The number of H-pyrrole nitrogens is 1. The highest BCUT2D eigenvalue weighted by Crippen LogP contribution is 2.25. The smallest absolute Gasteiger partial charge is 0.235 e. The third-order valence-corrected chi connectivity index (χ3v) is 4.03. The summed E-state index contributed by atoms with van der Waals surface area (Å²) >= 11 is 0. The van der Waals surface area contributed by atoms with Crippen molar-refractivity contribution in [3.05, 3.63) is 53.1 Å². The summed E-state index contributed by atoms with van der Waals surface area (Å²) in [5.74, 6) is 1.18. The van der Waals surface area contributed by atoms with Gasteiger partial charge in [0.1, 0.15) is 5.69 Å². The van der Waals surface area contributed by atoms with Crippen LogP contribution in [0.15, 0.2) is 30.5 Å². The van der Waals surface area contributed by atoms with Gasteiger partial charge in [0.2, 0.25) is 5.88 Å². The second-order valence-electron chi connectivity index (χ2n) is 6.35. The Morgan fingerprint density at radius 2 is 1.91 bits per heavy atom. The topological polar surface area (TPSA) is 50.8 Å². The van der Waals surface area contributed by atoms with Crippen LogP contribution in [0.5, 0.6) is 5.88 Å². The average molecular weight is 309 g/mol. The first-order valence-corrected chi connectivity index (χ1v) is 8.04. The van der Waals surface area contributed by atoms with Crippen molar-refractivity contribution >= 4 is 10.9 Å². The van der Waals surface area contributed by atoms with Crippen LogP contribution in [0.4, 0.5) is 0 Å². The zero-order chi connectivity index (χ0) is 16.4. The molecule has 0 amide bonds. The molecule has 0 atom stereocenters. The molecule has 0 unspecified atom stereocenters. The lowest BCUT2D eigenvalue weighted by Crippen LogP contribution is -2.08. The summed E-state index contributed by atoms with van der Waals surface area (Å²) in [5.41, 5.74) is 5.28. The lowest BCUT2D eigenvalue weighted by Gasteiger charge is -2.13. The first kappa shape index (κ1) is 15.5. The Kier molecular flexibility index (Phi) is 4.33. The molecule has 23 heavy (non-hydrogen) atoms. The van der Waals surface area contributed by atoms with Gasteiger partial charge in [-0.2, -0.15) is 0 Å². The summed E-state index contributed by atoms with van der Waals surface area (Å²) in [7, 11) is 1.66. The van der Waals surface area contributed by atoms with Crippen molar-refractivity contribution < 1.29 is 4.74 Å². The Bertz CT molecular complexity index is 821. The van der Waals surface area contributed by atoms with E-state index in [2.05, 4.69) is 42.0 Å². The van der Waals surface area contributed by atoms with Gasteiger partial charge >= 0.3 is 0 Å². The molecular formula is C19H23N3O. The normalized spacial score (nSPS) is 11.3. The van der Waals surface area contributed by atoms with Crippen molar-refractivity contribution in [2.75, 3.05) is 7.11 Å². The summed E-state index contributed by atoms with van der Waals surface area (Å²) in [6.45, 7) is 6.40. The molecule has 1 N–H and O–H groups in total. The van der Waals surface area contributed by atoms with Crippen LogP contribution in [0, 0.1) is 12.8 Å². The molecule has 0 aliphatic rings. The SMILES string of the molecule is COc1nc(C)c(CC(C)C)nc1Cc1c[nH]c2ccccc12. The molecule has 2 aromatic heterocycles. The van der Waals surface area contributed by atoms with Crippen LogP contribution in [0.3, 0.4) is 0 Å². The molecule has 120 valence electrons. The van der Waals surface area contributed by atoms with E-state index in [1.54, 1.807) is 7.11 Å². The fraction of sp³-hybridized carbons (Fsp3) is 0.368. The number of nitrogens with zero attached hydrogens (tertiary/aromatic N) is 2. The number of aryl methyl sites for hydroxylation is 1. The lowest BCUT2D eigenvalue weighted by atomic mass is 10.0. The molecule has 0 aliphatic carbocycles. The second-order valence-corrected chi connectivity index (χ2v) is 6.35. The number of rotatable bonds is 5.